The first-order chi connectivity index (χ1) is 8.36. The van der Waals surface area contributed by atoms with E-state index in [1.54, 1.807) is 0 Å². The molecule has 0 unspecified atom stereocenters. The lowest BCUT2D eigenvalue weighted by atomic mass is 9.79. The summed E-state index contributed by atoms with van der Waals surface area (Å²) in [5, 5.41) is 3.84. The monoisotopic (exact) mass is 236 g/mol. The van der Waals surface area contributed by atoms with Crippen LogP contribution in [0, 0.1) is 5.92 Å². The molecule has 3 rings (SSSR count). The normalized spacial score (nSPS) is 30.4. The summed E-state index contributed by atoms with van der Waals surface area (Å²) in [6.07, 6.45) is 13.2. The SMILES string of the molecule is C1CCC2(CC1)CN(CCC1CCC1)CCN2. The second-order valence-electron chi connectivity index (χ2n) is 6.63. The van der Waals surface area contributed by atoms with Crippen LogP contribution in [0.3, 0.4) is 0 Å². The number of rotatable bonds is 3. The first kappa shape index (κ1) is 12.0. The van der Waals surface area contributed by atoms with Crippen LogP contribution in [0.25, 0.3) is 0 Å². The van der Waals surface area contributed by atoms with Crippen LogP contribution in [0.5, 0.6) is 0 Å². The maximum atomic E-state index is 3.84. The maximum Gasteiger partial charge on any atom is 0.0309 e. The molecule has 0 atom stereocenters. The Morgan fingerprint density at radius 2 is 1.88 bits per heavy atom. The van der Waals surface area contributed by atoms with Crippen LogP contribution in [-0.4, -0.2) is 36.6 Å². The van der Waals surface area contributed by atoms with Gasteiger partial charge >= 0.3 is 0 Å². The lowest BCUT2D eigenvalue weighted by Gasteiger charge is -2.46. The summed E-state index contributed by atoms with van der Waals surface area (Å²) in [5.74, 6) is 1.08. The summed E-state index contributed by atoms with van der Waals surface area (Å²) >= 11 is 0. The largest absolute Gasteiger partial charge is 0.309 e. The quantitative estimate of drug-likeness (QED) is 0.810. The molecule has 0 aromatic rings. The van der Waals surface area contributed by atoms with Crippen molar-refractivity contribution in [2.45, 2.75) is 63.3 Å². The third-order valence-electron chi connectivity index (χ3n) is 5.34. The molecule has 3 fully saturated rings. The van der Waals surface area contributed by atoms with Crippen LogP contribution in [0.4, 0.5) is 0 Å². The molecule has 1 heterocycles. The van der Waals surface area contributed by atoms with Gasteiger partial charge in [-0.05, 0) is 31.7 Å². The van der Waals surface area contributed by atoms with Crippen molar-refractivity contribution in [2.75, 3.05) is 26.2 Å². The Labute approximate surface area is 106 Å². The number of nitrogens with zero attached hydrogens (tertiary/aromatic N) is 1. The number of nitrogens with one attached hydrogen (secondary N) is 1. The fraction of sp³-hybridized carbons (Fsp3) is 1.00. The molecule has 2 saturated carbocycles. The Hall–Kier alpha value is -0.0800. The van der Waals surface area contributed by atoms with E-state index >= 15 is 0 Å². The average Bonchev–Trinajstić information content (AvgIpc) is 2.28. The molecule has 0 aromatic heterocycles. The van der Waals surface area contributed by atoms with Crippen LogP contribution < -0.4 is 5.32 Å². The minimum Gasteiger partial charge on any atom is -0.309 e. The molecule has 1 N–H and O–H groups in total. The second kappa shape index (κ2) is 5.27. The lowest BCUT2D eigenvalue weighted by molar-refractivity contribution is 0.0904. The Kier molecular flexibility index (Phi) is 3.72. The molecule has 2 aliphatic carbocycles. The highest BCUT2D eigenvalue weighted by Crippen LogP contribution is 2.32. The zero-order valence-corrected chi connectivity index (χ0v) is 11.2. The fourth-order valence-corrected chi connectivity index (χ4v) is 3.94. The predicted molar refractivity (Wildman–Crippen MR) is 72.2 cm³/mol. The van der Waals surface area contributed by atoms with Gasteiger partial charge in [0.25, 0.3) is 0 Å². The van der Waals surface area contributed by atoms with Gasteiger partial charge in [0.05, 0.1) is 0 Å². The van der Waals surface area contributed by atoms with Crippen LogP contribution in [0.1, 0.15) is 57.8 Å². The Bertz CT molecular complexity index is 236. The van der Waals surface area contributed by atoms with Gasteiger partial charge in [-0.1, -0.05) is 38.5 Å². The van der Waals surface area contributed by atoms with Gasteiger partial charge in [-0.25, -0.2) is 0 Å². The molecule has 1 spiro atoms. The first-order valence-electron chi connectivity index (χ1n) is 7.84. The van der Waals surface area contributed by atoms with Crippen molar-refractivity contribution in [3.05, 3.63) is 0 Å². The average molecular weight is 236 g/mol. The minimum absolute atomic E-state index is 0.510. The van der Waals surface area contributed by atoms with Crippen LogP contribution >= 0.6 is 0 Å². The highest BCUT2D eigenvalue weighted by Gasteiger charge is 2.36. The summed E-state index contributed by atoms with van der Waals surface area (Å²) in [5.41, 5.74) is 0.510. The molecule has 1 saturated heterocycles. The Morgan fingerprint density at radius 1 is 1.06 bits per heavy atom. The van der Waals surface area contributed by atoms with Crippen molar-refractivity contribution in [1.29, 1.82) is 0 Å². The third-order valence-corrected chi connectivity index (χ3v) is 5.34. The topological polar surface area (TPSA) is 15.3 Å². The molecule has 1 aliphatic heterocycles. The summed E-state index contributed by atoms with van der Waals surface area (Å²) in [6, 6.07) is 0. The van der Waals surface area contributed by atoms with E-state index in [-0.39, 0.29) is 0 Å². The number of hydrogen-bond donors (Lipinski definition) is 1. The molecule has 3 aliphatic rings. The van der Waals surface area contributed by atoms with Crippen LogP contribution in [0.15, 0.2) is 0 Å². The third kappa shape index (κ3) is 2.85. The van der Waals surface area contributed by atoms with Crippen molar-refractivity contribution in [3.63, 3.8) is 0 Å². The first-order valence-corrected chi connectivity index (χ1v) is 7.84. The van der Waals surface area contributed by atoms with E-state index in [0.717, 1.165) is 5.92 Å². The van der Waals surface area contributed by atoms with Crippen LogP contribution in [-0.2, 0) is 0 Å². The summed E-state index contributed by atoms with van der Waals surface area (Å²) < 4.78 is 0. The zero-order valence-electron chi connectivity index (χ0n) is 11.2. The Balaban J connectivity index is 1.48. The van der Waals surface area contributed by atoms with Gasteiger partial charge < -0.3 is 10.2 Å². The van der Waals surface area contributed by atoms with E-state index in [9.17, 15) is 0 Å². The highest BCUT2D eigenvalue weighted by molar-refractivity contribution is 4.96. The number of hydrogen-bond acceptors (Lipinski definition) is 2. The second-order valence-corrected chi connectivity index (χ2v) is 6.63. The molecule has 0 aromatic carbocycles. The van der Waals surface area contributed by atoms with E-state index in [1.807, 2.05) is 0 Å². The van der Waals surface area contributed by atoms with Crippen molar-refractivity contribution in [1.82, 2.24) is 10.2 Å². The van der Waals surface area contributed by atoms with E-state index < -0.39 is 0 Å². The van der Waals surface area contributed by atoms with Crippen molar-refractivity contribution >= 4 is 0 Å². The van der Waals surface area contributed by atoms with Crippen LogP contribution in [0.2, 0.25) is 0 Å². The Morgan fingerprint density at radius 3 is 2.59 bits per heavy atom. The van der Waals surface area contributed by atoms with Gasteiger partial charge in [0.1, 0.15) is 0 Å². The van der Waals surface area contributed by atoms with Crippen molar-refractivity contribution in [2.24, 2.45) is 5.92 Å². The molecule has 2 nitrogen and oxygen atoms in total. The molecule has 2 heteroatoms. The smallest absolute Gasteiger partial charge is 0.0309 e. The zero-order chi connectivity index (χ0) is 11.6. The standard InChI is InChI=1S/C15H28N2/c1-2-8-15(9-3-1)13-17(12-10-16-15)11-7-14-5-4-6-14/h14,16H,1-13H2. The minimum atomic E-state index is 0.510. The maximum absolute atomic E-state index is 3.84. The van der Waals surface area contributed by atoms with Gasteiger partial charge in [-0.15, -0.1) is 0 Å². The lowest BCUT2D eigenvalue weighted by Crippen LogP contribution is -2.61. The molecular formula is C15H28N2. The van der Waals surface area contributed by atoms with Crippen molar-refractivity contribution < 1.29 is 0 Å². The predicted octanol–water partition coefficient (Wildman–Crippen LogP) is 2.78. The van der Waals surface area contributed by atoms with Crippen molar-refractivity contribution in [3.8, 4) is 0 Å². The summed E-state index contributed by atoms with van der Waals surface area (Å²) in [4.78, 5) is 2.75. The van der Waals surface area contributed by atoms with Gasteiger partial charge in [-0.2, -0.15) is 0 Å². The molecule has 0 amide bonds. The number of piperazine rings is 1. The summed E-state index contributed by atoms with van der Waals surface area (Å²) in [7, 11) is 0. The van der Waals surface area contributed by atoms with E-state index in [2.05, 4.69) is 10.2 Å². The van der Waals surface area contributed by atoms with Gasteiger partial charge in [0.15, 0.2) is 0 Å². The van der Waals surface area contributed by atoms with Gasteiger partial charge in [-0.3, -0.25) is 0 Å². The van der Waals surface area contributed by atoms with E-state index in [1.165, 1.54) is 84.0 Å². The molecule has 17 heavy (non-hydrogen) atoms. The van der Waals surface area contributed by atoms with Gasteiger partial charge in [0, 0.05) is 25.2 Å². The van der Waals surface area contributed by atoms with E-state index in [0.29, 0.717) is 5.54 Å². The molecule has 98 valence electrons. The molecular weight excluding hydrogens is 208 g/mol. The molecule has 0 radical (unpaired) electrons. The van der Waals surface area contributed by atoms with Gasteiger partial charge in [0.2, 0.25) is 0 Å². The highest BCUT2D eigenvalue weighted by atomic mass is 15.2. The fourth-order valence-electron chi connectivity index (χ4n) is 3.94. The van der Waals surface area contributed by atoms with E-state index in [4.69, 9.17) is 0 Å². The molecule has 0 bridgehead atoms. The summed E-state index contributed by atoms with van der Waals surface area (Å²) in [6.45, 7) is 5.22.